The molecule has 0 aromatic rings. The summed E-state index contributed by atoms with van der Waals surface area (Å²) in [6, 6.07) is 0. The van der Waals surface area contributed by atoms with E-state index in [-0.39, 0.29) is 31.1 Å². The van der Waals surface area contributed by atoms with Crippen LogP contribution in [-0.2, 0) is 28.6 Å². The second kappa shape index (κ2) is 60.9. The van der Waals surface area contributed by atoms with Gasteiger partial charge in [0.25, 0.3) is 0 Å². The molecule has 6 heteroatoms. The monoisotopic (exact) mass is 1010 g/mol. The molecule has 418 valence electrons. The van der Waals surface area contributed by atoms with E-state index in [0.717, 1.165) is 109 Å². The lowest BCUT2D eigenvalue weighted by Crippen LogP contribution is -2.30. The Morgan fingerprint density at radius 3 is 0.863 bits per heavy atom. The van der Waals surface area contributed by atoms with Crippen LogP contribution in [-0.4, -0.2) is 37.2 Å². The lowest BCUT2D eigenvalue weighted by Gasteiger charge is -2.18. The van der Waals surface area contributed by atoms with Crippen molar-refractivity contribution in [3.8, 4) is 0 Å². The number of hydrogen-bond acceptors (Lipinski definition) is 6. The Morgan fingerprint density at radius 2 is 0.534 bits per heavy atom. The Hall–Kier alpha value is -3.67. The van der Waals surface area contributed by atoms with E-state index in [2.05, 4.69) is 118 Å². The van der Waals surface area contributed by atoms with Crippen molar-refractivity contribution in [2.45, 2.75) is 297 Å². The van der Waals surface area contributed by atoms with Gasteiger partial charge in [-0.3, -0.25) is 14.4 Å². The Bertz CT molecular complexity index is 1440. The fraction of sp³-hybridized carbons (Fsp3) is 0.716. The highest BCUT2D eigenvalue weighted by atomic mass is 16.6. The molecule has 1 unspecified atom stereocenters. The van der Waals surface area contributed by atoms with Gasteiger partial charge in [-0.25, -0.2) is 0 Å². The van der Waals surface area contributed by atoms with Crippen molar-refractivity contribution >= 4 is 17.9 Å². The minimum absolute atomic E-state index is 0.0911. The summed E-state index contributed by atoms with van der Waals surface area (Å²) in [4.78, 5) is 38.3. The van der Waals surface area contributed by atoms with Gasteiger partial charge < -0.3 is 14.2 Å². The van der Waals surface area contributed by atoms with Crippen LogP contribution in [0.4, 0.5) is 0 Å². The zero-order chi connectivity index (χ0) is 52.9. The highest BCUT2D eigenvalue weighted by Crippen LogP contribution is 2.16. The summed E-state index contributed by atoms with van der Waals surface area (Å²) < 4.78 is 16.9. The second-order valence-electron chi connectivity index (χ2n) is 20.2. The number of unbranched alkanes of at least 4 members (excludes halogenated alkanes) is 28. The predicted octanol–water partition coefficient (Wildman–Crippen LogP) is 20.9. The van der Waals surface area contributed by atoms with Gasteiger partial charge in [-0.15, -0.1) is 0 Å². The Morgan fingerprint density at radius 1 is 0.288 bits per heavy atom. The van der Waals surface area contributed by atoms with Crippen molar-refractivity contribution in [1.82, 2.24) is 0 Å². The van der Waals surface area contributed by atoms with E-state index in [1.807, 2.05) is 0 Å². The van der Waals surface area contributed by atoms with E-state index in [1.165, 1.54) is 141 Å². The summed E-state index contributed by atoms with van der Waals surface area (Å²) in [5.74, 6) is -0.928. The maximum atomic E-state index is 12.9. The van der Waals surface area contributed by atoms with Crippen LogP contribution in [0.25, 0.3) is 0 Å². The van der Waals surface area contributed by atoms with Crippen LogP contribution in [0.3, 0.4) is 0 Å². The third kappa shape index (κ3) is 59.1. The average Bonchev–Trinajstić information content (AvgIpc) is 3.39. The number of allylic oxidation sites excluding steroid dienone is 16. The largest absolute Gasteiger partial charge is 0.462 e. The summed E-state index contributed by atoms with van der Waals surface area (Å²) in [5.41, 5.74) is 0. The number of ether oxygens (including phenoxy) is 3. The molecule has 0 bridgehead atoms. The SMILES string of the molecule is CC/C=C\C/C=C\C/C=C\C/C=C\CCCCCCCCCCCCC(=O)OCC(COC(=O)CCCC/C=C\C/C=C\C/C=C\C/C=C\CC)OC(=O)CCCCCCCCCCCCCCCCCCC. The molecular formula is C67H114O6. The summed E-state index contributed by atoms with van der Waals surface area (Å²) >= 11 is 0. The molecule has 0 saturated heterocycles. The minimum atomic E-state index is -0.796. The van der Waals surface area contributed by atoms with Crippen molar-refractivity contribution in [2.75, 3.05) is 13.2 Å². The van der Waals surface area contributed by atoms with E-state index in [0.29, 0.717) is 19.3 Å². The van der Waals surface area contributed by atoms with Gasteiger partial charge in [-0.05, 0) is 96.3 Å². The summed E-state index contributed by atoms with van der Waals surface area (Å²) in [6.45, 7) is 6.40. The maximum absolute atomic E-state index is 12.9. The molecule has 6 nitrogen and oxygen atoms in total. The van der Waals surface area contributed by atoms with Gasteiger partial charge >= 0.3 is 17.9 Å². The van der Waals surface area contributed by atoms with Gasteiger partial charge in [0.15, 0.2) is 6.10 Å². The second-order valence-corrected chi connectivity index (χ2v) is 20.2. The molecule has 0 heterocycles. The molecule has 1 atom stereocenters. The van der Waals surface area contributed by atoms with Gasteiger partial charge in [-0.1, -0.05) is 272 Å². The van der Waals surface area contributed by atoms with E-state index in [4.69, 9.17) is 14.2 Å². The Kier molecular flexibility index (Phi) is 57.8. The number of hydrogen-bond donors (Lipinski definition) is 0. The lowest BCUT2D eigenvalue weighted by molar-refractivity contribution is -0.167. The van der Waals surface area contributed by atoms with Crippen molar-refractivity contribution in [1.29, 1.82) is 0 Å². The molecule has 0 radical (unpaired) electrons. The van der Waals surface area contributed by atoms with E-state index < -0.39 is 6.10 Å². The molecule has 0 aromatic heterocycles. The Balaban J connectivity index is 4.38. The first-order chi connectivity index (χ1) is 36.0. The molecule has 0 rings (SSSR count). The number of carbonyl (C=O) groups excluding carboxylic acids is 3. The first-order valence-electron chi connectivity index (χ1n) is 30.7. The van der Waals surface area contributed by atoms with Crippen molar-refractivity contribution in [3.05, 3.63) is 97.2 Å². The summed E-state index contributed by atoms with van der Waals surface area (Å²) in [6.07, 6.45) is 81.2. The van der Waals surface area contributed by atoms with Crippen LogP contribution >= 0.6 is 0 Å². The van der Waals surface area contributed by atoms with Crippen LogP contribution in [0.5, 0.6) is 0 Å². The van der Waals surface area contributed by atoms with E-state index in [9.17, 15) is 14.4 Å². The molecular weight excluding hydrogens is 901 g/mol. The van der Waals surface area contributed by atoms with Gasteiger partial charge in [0.1, 0.15) is 13.2 Å². The number of esters is 3. The Labute approximate surface area is 451 Å². The first kappa shape index (κ1) is 69.3. The van der Waals surface area contributed by atoms with Crippen molar-refractivity contribution < 1.29 is 28.6 Å². The van der Waals surface area contributed by atoms with Gasteiger partial charge in [0, 0.05) is 19.3 Å². The van der Waals surface area contributed by atoms with E-state index >= 15 is 0 Å². The molecule has 0 spiro atoms. The normalized spacial score (nSPS) is 12.8. The lowest BCUT2D eigenvalue weighted by atomic mass is 10.0. The van der Waals surface area contributed by atoms with Crippen LogP contribution in [0.1, 0.15) is 290 Å². The zero-order valence-electron chi connectivity index (χ0n) is 47.9. The van der Waals surface area contributed by atoms with Crippen molar-refractivity contribution in [3.63, 3.8) is 0 Å². The molecule has 0 fully saturated rings. The number of rotatable bonds is 55. The molecule has 73 heavy (non-hydrogen) atoms. The minimum Gasteiger partial charge on any atom is -0.462 e. The molecule has 0 saturated carbocycles. The van der Waals surface area contributed by atoms with Crippen LogP contribution in [0.15, 0.2) is 97.2 Å². The standard InChI is InChI=1S/C67H114O6/c1-4-7-10-13-16-19-22-25-28-30-31-32-33-34-35-37-39-42-45-48-51-54-57-60-66(69)72-63-64(62-71-65(68)59-56-53-50-47-44-41-38-27-24-21-18-15-12-9-6-3)73-67(70)61-58-55-52-49-46-43-40-36-29-26-23-20-17-14-11-8-5-2/h7,9-10,12,16,18-19,21,25,27-28,31-32,38,44,47,64H,4-6,8,11,13-15,17,20,22-24,26,29-30,33-37,39-43,45-46,48-63H2,1-3H3/b10-7-,12-9-,19-16-,21-18-,28-25-,32-31-,38-27-,47-44-. The van der Waals surface area contributed by atoms with Gasteiger partial charge in [0.2, 0.25) is 0 Å². The smallest absolute Gasteiger partial charge is 0.306 e. The molecule has 0 N–H and O–H groups in total. The molecule has 0 aromatic carbocycles. The molecule has 0 aliphatic rings. The molecule has 0 aliphatic heterocycles. The fourth-order valence-corrected chi connectivity index (χ4v) is 8.54. The van der Waals surface area contributed by atoms with Crippen LogP contribution in [0, 0.1) is 0 Å². The predicted molar refractivity (Wildman–Crippen MR) is 316 cm³/mol. The number of carbonyl (C=O) groups is 3. The van der Waals surface area contributed by atoms with Crippen LogP contribution in [0.2, 0.25) is 0 Å². The third-order valence-corrected chi connectivity index (χ3v) is 13.1. The highest BCUT2D eigenvalue weighted by Gasteiger charge is 2.19. The maximum Gasteiger partial charge on any atom is 0.306 e. The first-order valence-corrected chi connectivity index (χ1v) is 30.7. The van der Waals surface area contributed by atoms with E-state index in [1.54, 1.807) is 0 Å². The summed E-state index contributed by atoms with van der Waals surface area (Å²) in [7, 11) is 0. The topological polar surface area (TPSA) is 78.9 Å². The highest BCUT2D eigenvalue weighted by molar-refractivity contribution is 5.71. The quantitative estimate of drug-likeness (QED) is 0.0261. The average molecular weight is 1020 g/mol. The van der Waals surface area contributed by atoms with Crippen molar-refractivity contribution in [2.24, 2.45) is 0 Å². The molecule has 0 aliphatic carbocycles. The zero-order valence-corrected chi connectivity index (χ0v) is 47.9. The van der Waals surface area contributed by atoms with Gasteiger partial charge in [0.05, 0.1) is 0 Å². The molecule has 0 amide bonds. The fourth-order valence-electron chi connectivity index (χ4n) is 8.54. The summed E-state index contributed by atoms with van der Waals surface area (Å²) in [5, 5.41) is 0. The van der Waals surface area contributed by atoms with Gasteiger partial charge in [-0.2, -0.15) is 0 Å². The third-order valence-electron chi connectivity index (χ3n) is 13.1. The van der Waals surface area contributed by atoms with Crippen LogP contribution < -0.4 is 0 Å².